The van der Waals surface area contributed by atoms with Gasteiger partial charge in [-0.2, -0.15) is 0 Å². The Bertz CT molecular complexity index is 798. The van der Waals surface area contributed by atoms with Crippen LogP contribution < -0.4 is 10.2 Å². The summed E-state index contributed by atoms with van der Waals surface area (Å²) in [6.07, 6.45) is 3.03. The van der Waals surface area contributed by atoms with Crippen LogP contribution in [0.3, 0.4) is 0 Å². The summed E-state index contributed by atoms with van der Waals surface area (Å²) in [7, 11) is 0. The van der Waals surface area contributed by atoms with Gasteiger partial charge in [0.2, 0.25) is 5.13 Å². The van der Waals surface area contributed by atoms with Gasteiger partial charge < -0.3 is 19.7 Å². The molecule has 1 saturated heterocycles. The van der Waals surface area contributed by atoms with Crippen LogP contribution in [0, 0.1) is 0 Å². The van der Waals surface area contributed by atoms with E-state index < -0.39 is 6.10 Å². The van der Waals surface area contributed by atoms with Crippen LogP contribution in [0.1, 0.15) is 24.7 Å². The second-order valence-electron chi connectivity index (χ2n) is 6.46. The standard InChI is InChI=1S/C19H22N4O2S/c24-16(17-7-4-12-25-17)13-20-15-8-10-23(11-9-15)19-22-21-18(26-19)14-5-2-1-3-6-14/h1-7,12,15-16,20,24H,8-11,13H2/t16-/m0/s1. The number of nitrogens with one attached hydrogen (secondary N) is 1. The van der Waals surface area contributed by atoms with E-state index in [1.165, 1.54) is 0 Å². The molecule has 7 heteroatoms. The molecule has 3 heterocycles. The third-order valence-electron chi connectivity index (χ3n) is 4.67. The molecule has 6 nitrogen and oxygen atoms in total. The van der Waals surface area contributed by atoms with E-state index >= 15 is 0 Å². The molecule has 2 N–H and O–H groups in total. The van der Waals surface area contributed by atoms with Crippen molar-refractivity contribution in [3.63, 3.8) is 0 Å². The van der Waals surface area contributed by atoms with Gasteiger partial charge in [0, 0.05) is 31.2 Å². The molecule has 0 bridgehead atoms. The van der Waals surface area contributed by atoms with Crippen LogP contribution in [0.4, 0.5) is 5.13 Å². The first-order valence-electron chi connectivity index (χ1n) is 8.88. The highest BCUT2D eigenvalue weighted by Gasteiger charge is 2.23. The van der Waals surface area contributed by atoms with E-state index in [9.17, 15) is 5.11 Å². The lowest BCUT2D eigenvalue weighted by Crippen LogP contribution is -2.43. The number of aromatic nitrogens is 2. The molecular weight excluding hydrogens is 348 g/mol. The number of piperidine rings is 1. The van der Waals surface area contributed by atoms with E-state index in [1.54, 1.807) is 29.7 Å². The topological polar surface area (TPSA) is 74.4 Å². The number of nitrogens with zero attached hydrogens (tertiary/aromatic N) is 3. The third-order valence-corrected chi connectivity index (χ3v) is 5.71. The lowest BCUT2D eigenvalue weighted by Gasteiger charge is -2.32. The normalized spacial score (nSPS) is 16.7. The molecule has 0 radical (unpaired) electrons. The van der Waals surface area contributed by atoms with E-state index in [2.05, 4.69) is 32.5 Å². The predicted molar refractivity (Wildman–Crippen MR) is 102 cm³/mol. The summed E-state index contributed by atoms with van der Waals surface area (Å²) >= 11 is 1.64. The van der Waals surface area contributed by atoms with Crippen molar-refractivity contribution >= 4 is 16.5 Å². The molecule has 0 amide bonds. The molecule has 3 aromatic rings. The summed E-state index contributed by atoms with van der Waals surface area (Å²) in [5.41, 5.74) is 1.11. The highest BCUT2D eigenvalue weighted by Crippen LogP contribution is 2.30. The summed E-state index contributed by atoms with van der Waals surface area (Å²) < 4.78 is 5.24. The molecule has 0 spiro atoms. The predicted octanol–water partition coefficient (Wildman–Crippen LogP) is 3.09. The van der Waals surface area contributed by atoms with E-state index in [4.69, 9.17) is 4.42 Å². The number of rotatable bonds is 6. The number of hydrogen-bond donors (Lipinski definition) is 2. The number of furan rings is 1. The summed E-state index contributed by atoms with van der Waals surface area (Å²) in [5.74, 6) is 0.609. The molecule has 26 heavy (non-hydrogen) atoms. The second-order valence-corrected chi connectivity index (χ2v) is 7.41. The van der Waals surface area contributed by atoms with Crippen molar-refractivity contribution in [2.24, 2.45) is 0 Å². The quantitative estimate of drug-likeness (QED) is 0.695. The van der Waals surface area contributed by atoms with Crippen molar-refractivity contribution in [1.29, 1.82) is 0 Å². The number of anilines is 1. The van der Waals surface area contributed by atoms with Crippen LogP contribution in [-0.2, 0) is 0 Å². The fourth-order valence-corrected chi connectivity index (χ4v) is 4.08. The number of aliphatic hydroxyl groups excluding tert-OH is 1. The summed E-state index contributed by atoms with van der Waals surface area (Å²) in [4.78, 5) is 2.30. The molecule has 2 aromatic heterocycles. The molecule has 0 unspecified atom stereocenters. The zero-order valence-corrected chi connectivity index (χ0v) is 15.2. The lowest BCUT2D eigenvalue weighted by atomic mass is 10.1. The van der Waals surface area contributed by atoms with Gasteiger partial charge in [-0.3, -0.25) is 0 Å². The Balaban J connectivity index is 1.28. The van der Waals surface area contributed by atoms with Crippen LogP contribution in [0.25, 0.3) is 10.6 Å². The van der Waals surface area contributed by atoms with Gasteiger partial charge in [0.05, 0.1) is 6.26 Å². The van der Waals surface area contributed by atoms with Crippen LogP contribution in [0.5, 0.6) is 0 Å². The maximum Gasteiger partial charge on any atom is 0.208 e. The van der Waals surface area contributed by atoms with E-state index in [0.29, 0.717) is 18.3 Å². The number of aliphatic hydroxyl groups is 1. The van der Waals surface area contributed by atoms with Gasteiger partial charge >= 0.3 is 0 Å². The Morgan fingerprint density at radius 2 is 1.96 bits per heavy atom. The average Bonchev–Trinajstić information content (AvgIpc) is 3.39. The Kier molecular flexibility index (Phi) is 5.29. The van der Waals surface area contributed by atoms with Crippen molar-refractivity contribution in [3.05, 3.63) is 54.5 Å². The molecule has 4 rings (SSSR count). The first-order chi connectivity index (χ1) is 12.8. The van der Waals surface area contributed by atoms with Crippen molar-refractivity contribution in [1.82, 2.24) is 15.5 Å². The Morgan fingerprint density at radius 1 is 1.15 bits per heavy atom. The van der Waals surface area contributed by atoms with Gasteiger partial charge in [0.15, 0.2) is 0 Å². The van der Waals surface area contributed by atoms with Crippen LogP contribution in [0.2, 0.25) is 0 Å². The summed E-state index contributed by atoms with van der Waals surface area (Å²) in [6.45, 7) is 2.39. The monoisotopic (exact) mass is 370 g/mol. The Morgan fingerprint density at radius 3 is 2.69 bits per heavy atom. The lowest BCUT2D eigenvalue weighted by molar-refractivity contribution is 0.141. The van der Waals surface area contributed by atoms with Gasteiger partial charge in [-0.05, 0) is 25.0 Å². The van der Waals surface area contributed by atoms with Gasteiger partial charge in [-0.15, -0.1) is 10.2 Å². The van der Waals surface area contributed by atoms with Crippen molar-refractivity contribution in [3.8, 4) is 10.6 Å². The zero-order chi connectivity index (χ0) is 17.8. The molecule has 1 aliphatic rings. The van der Waals surface area contributed by atoms with Crippen LogP contribution in [-0.4, -0.2) is 41.0 Å². The third kappa shape index (κ3) is 3.95. The van der Waals surface area contributed by atoms with Crippen molar-refractivity contribution < 1.29 is 9.52 Å². The summed E-state index contributed by atoms with van der Waals surface area (Å²) in [6, 6.07) is 14.2. The number of benzene rings is 1. The average molecular weight is 370 g/mol. The van der Waals surface area contributed by atoms with E-state index in [-0.39, 0.29) is 0 Å². The Labute approximate surface area is 156 Å². The van der Waals surface area contributed by atoms with Crippen molar-refractivity contribution in [2.45, 2.75) is 25.0 Å². The minimum atomic E-state index is -0.598. The molecule has 0 aliphatic carbocycles. The maximum absolute atomic E-state index is 10.1. The first-order valence-corrected chi connectivity index (χ1v) is 9.70. The highest BCUT2D eigenvalue weighted by molar-refractivity contribution is 7.18. The molecule has 1 aliphatic heterocycles. The van der Waals surface area contributed by atoms with Gasteiger partial charge in [-0.25, -0.2) is 0 Å². The fraction of sp³-hybridized carbons (Fsp3) is 0.368. The van der Waals surface area contributed by atoms with Gasteiger partial charge in [0.25, 0.3) is 0 Å². The number of hydrogen-bond acceptors (Lipinski definition) is 7. The minimum Gasteiger partial charge on any atom is -0.467 e. The minimum absolute atomic E-state index is 0.400. The van der Waals surface area contributed by atoms with Crippen LogP contribution in [0.15, 0.2) is 53.1 Å². The van der Waals surface area contributed by atoms with Crippen LogP contribution >= 0.6 is 11.3 Å². The maximum atomic E-state index is 10.1. The first kappa shape index (κ1) is 17.2. The molecule has 0 saturated carbocycles. The smallest absolute Gasteiger partial charge is 0.208 e. The van der Waals surface area contributed by atoms with Crippen molar-refractivity contribution in [2.75, 3.05) is 24.5 Å². The molecule has 1 atom stereocenters. The summed E-state index contributed by atoms with van der Waals surface area (Å²) in [5, 5.41) is 24.2. The van der Waals surface area contributed by atoms with Gasteiger partial charge in [0.1, 0.15) is 16.9 Å². The highest BCUT2D eigenvalue weighted by atomic mass is 32.1. The molecular formula is C19H22N4O2S. The molecule has 1 fully saturated rings. The largest absolute Gasteiger partial charge is 0.467 e. The molecule has 136 valence electrons. The van der Waals surface area contributed by atoms with E-state index in [1.807, 2.05) is 18.2 Å². The molecule has 1 aromatic carbocycles. The van der Waals surface area contributed by atoms with E-state index in [0.717, 1.165) is 41.6 Å². The Hall–Kier alpha value is -2.22. The second kappa shape index (κ2) is 7.99. The zero-order valence-electron chi connectivity index (χ0n) is 14.4. The fourth-order valence-electron chi connectivity index (χ4n) is 3.18. The van der Waals surface area contributed by atoms with Gasteiger partial charge in [-0.1, -0.05) is 41.7 Å². The SMILES string of the molecule is O[C@@H](CNC1CCN(c2nnc(-c3ccccc3)s2)CC1)c1ccco1.